The molecule has 11 heteroatoms. The average Bonchev–Trinajstić information content (AvgIpc) is 3.69. The SMILES string of the molecule is COc1ccc2c(c1)[C@]1(O[C@@H](CC(=O)N3CCC[C@H]3CO)[C@H]([Si](C)(C)O)[C@H]1C)C(=O)N2Cc1cccc(N2CCCCCCC2=O)c1. The van der Waals surface area contributed by atoms with E-state index in [4.69, 9.17) is 9.47 Å². The highest BCUT2D eigenvalue weighted by Gasteiger charge is 2.66. The number of likely N-dealkylation sites (tertiary alicyclic amines) is 1. The van der Waals surface area contributed by atoms with Gasteiger partial charge in [0, 0.05) is 42.2 Å². The van der Waals surface area contributed by atoms with E-state index in [0.717, 1.165) is 49.8 Å². The lowest BCUT2D eigenvalue weighted by molar-refractivity contribution is -0.150. The van der Waals surface area contributed by atoms with Crippen LogP contribution in [0, 0.1) is 5.92 Å². The summed E-state index contributed by atoms with van der Waals surface area (Å²) in [6, 6.07) is 13.2. The zero-order valence-electron chi connectivity index (χ0n) is 28.1. The minimum absolute atomic E-state index is 0.0305. The zero-order chi connectivity index (χ0) is 33.5. The molecular formula is C36H49N3O7Si. The number of amides is 3. The maximum absolute atomic E-state index is 14.9. The second-order valence-electron chi connectivity index (χ2n) is 14.3. The van der Waals surface area contributed by atoms with Gasteiger partial charge in [-0.1, -0.05) is 31.9 Å². The van der Waals surface area contributed by atoms with E-state index < -0.39 is 31.5 Å². The summed E-state index contributed by atoms with van der Waals surface area (Å²) >= 11 is 0. The molecule has 2 aromatic carbocycles. The molecule has 4 aliphatic heterocycles. The molecule has 2 N–H and O–H groups in total. The highest BCUT2D eigenvalue weighted by atomic mass is 28.4. The van der Waals surface area contributed by atoms with Crippen LogP contribution in [0.15, 0.2) is 42.5 Å². The number of hydrogen-bond acceptors (Lipinski definition) is 7. The standard InChI is InChI=1S/C36H49N3O7Si/c1-24-34(47(3,4)44)31(21-33(42)38-18-10-13-27(38)23-40)46-36(24)29-20-28(45-2)15-16-30(29)39(35(36)43)22-25-11-9-12-26(19-25)37-17-8-6-5-7-14-32(37)41/h9,11-12,15-16,19-20,24,27,31,34,40,44H,5-8,10,13-14,17-18,21-23H2,1-4H3/t24-,27+,31+,34-,36+/m1/s1. The number of benzene rings is 2. The summed E-state index contributed by atoms with van der Waals surface area (Å²) in [5, 5.41) is 9.87. The van der Waals surface area contributed by atoms with E-state index >= 15 is 0 Å². The molecule has 1 spiro atoms. The van der Waals surface area contributed by atoms with Gasteiger partial charge in [-0.3, -0.25) is 14.4 Å². The first kappa shape index (κ1) is 33.6. The lowest BCUT2D eigenvalue weighted by Gasteiger charge is -2.33. The zero-order valence-corrected chi connectivity index (χ0v) is 29.1. The Morgan fingerprint density at radius 3 is 2.60 bits per heavy atom. The number of rotatable bonds is 8. The Morgan fingerprint density at radius 2 is 1.85 bits per heavy atom. The van der Waals surface area contributed by atoms with E-state index in [1.165, 1.54) is 0 Å². The third kappa shape index (κ3) is 6.11. The predicted molar refractivity (Wildman–Crippen MR) is 182 cm³/mol. The number of nitrogens with zero attached hydrogens (tertiary/aromatic N) is 3. The van der Waals surface area contributed by atoms with Crippen LogP contribution in [-0.2, 0) is 31.3 Å². The Kier molecular flexibility index (Phi) is 9.54. The number of fused-ring (bicyclic) bond motifs is 2. The lowest BCUT2D eigenvalue weighted by Crippen LogP contribution is -2.46. The van der Waals surface area contributed by atoms with Crippen molar-refractivity contribution in [3.8, 4) is 5.75 Å². The maximum atomic E-state index is 14.9. The van der Waals surface area contributed by atoms with Gasteiger partial charge in [-0.05, 0) is 74.7 Å². The van der Waals surface area contributed by atoms with Gasteiger partial charge in [-0.15, -0.1) is 0 Å². The van der Waals surface area contributed by atoms with Gasteiger partial charge in [-0.2, -0.15) is 0 Å². The smallest absolute Gasteiger partial charge is 0.264 e. The number of aliphatic hydroxyl groups excluding tert-OH is 1. The predicted octanol–water partition coefficient (Wildman–Crippen LogP) is 4.71. The summed E-state index contributed by atoms with van der Waals surface area (Å²) in [4.78, 5) is 58.5. The summed E-state index contributed by atoms with van der Waals surface area (Å²) < 4.78 is 12.5. The van der Waals surface area contributed by atoms with Crippen molar-refractivity contribution in [3.63, 3.8) is 0 Å². The fourth-order valence-corrected chi connectivity index (χ4v) is 11.2. The Balaban J connectivity index is 1.35. The number of methoxy groups -OCH3 is 1. The molecule has 0 aliphatic carbocycles. The molecule has 10 nitrogen and oxygen atoms in total. The van der Waals surface area contributed by atoms with Crippen molar-refractivity contribution in [3.05, 3.63) is 53.6 Å². The average molecular weight is 664 g/mol. The summed E-state index contributed by atoms with van der Waals surface area (Å²) in [5.41, 5.74) is 1.30. The molecule has 3 saturated heterocycles. The van der Waals surface area contributed by atoms with Crippen molar-refractivity contribution in [1.29, 1.82) is 0 Å². The Morgan fingerprint density at radius 1 is 1.06 bits per heavy atom. The van der Waals surface area contributed by atoms with Gasteiger partial charge >= 0.3 is 0 Å². The third-order valence-electron chi connectivity index (χ3n) is 10.9. The minimum Gasteiger partial charge on any atom is -0.497 e. The van der Waals surface area contributed by atoms with Gasteiger partial charge in [0.2, 0.25) is 11.8 Å². The number of carbonyl (C=O) groups excluding carboxylic acids is 3. The molecule has 4 aliphatic rings. The van der Waals surface area contributed by atoms with Crippen molar-refractivity contribution in [2.45, 2.75) is 101 Å². The topological polar surface area (TPSA) is 120 Å². The van der Waals surface area contributed by atoms with E-state index in [9.17, 15) is 24.3 Å². The molecule has 6 rings (SSSR count). The van der Waals surface area contributed by atoms with Crippen molar-refractivity contribution in [1.82, 2.24) is 4.90 Å². The van der Waals surface area contributed by atoms with Crippen LogP contribution in [0.25, 0.3) is 0 Å². The Bertz CT molecular complexity index is 1510. The minimum atomic E-state index is -2.97. The van der Waals surface area contributed by atoms with Crippen LogP contribution in [0.1, 0.15) is 69.4 Å². The van der Waals surface area contributed by atoms with E-state index in [0.29, 0.717) is 36.5 Å². The molecule has 2 aromatic rings. The first-order chi connectivity index (χ1) is 22.5. The number of aliphatic hydroxyl groups is 1. The van der Waals surface area contributed by atoms with Gasteiger partial charge in [0.05, 0.1) is 44.5 Å². The van der Waals surface area contributed by atoms with Gasteiger partial charge in [0.15, 0.2) is 13.9 Å². The molecule has 254 valence electrons. The molecule has 0 aromatic heterocycles. The molecule has 47 heavy (non-hydrogen) atoms. The molecule has 4 heterocycles. The van der Waals surface area contributed by atoms with Gasteiger partial charge in [-0.25, -0.2) is 0 Å². The van der Waals surface area contributed by atoms with Crippen molar-refractivity contribution in [2.24, 2.45) is 5.92 Å². The molecule has 5 atom stereocenters. The van der Waals surface area contributed by atoms with Crippen LogP contribution < -0.4 is 14.5 Å². The van der Waals surface area contributed by atoms with E-state index in [2.05, 4.69) is 0 Å². The van der Waals surface area contributed by atoms with Crippen molar-refractivity contribution in [2.75, 3.05) is 36.6 Å². The fourth-order valence-electron chi connectivity index (χ4n) is 8.62. The van der Waals surface area contributed by atoms with Crippen LogP contribution in [0.5, 0.6) is 5.75 Å². The fraction of sp³-hybridized carbons (Fsp3) is 0.583. The monoisotopic (exact) mass is 663 g/mol. The normalized spacial score (nSPS) is 28.2. The van der Waals surface area contributed by atoms with Crippen LogP contribution in [-0.4, -0.2) is 79.8 Å². The van der Waals surface area contributed by atoms with Gasteiger partial charge < -0.3 is 34.1 Å². The quantitative estimate of drug-likeness (QED) is 0.393. The third-order valence-corrected chi connectivity index (χ3v) is 13.4. The molecule has 0 saturated carbocycles. The number of anilines is 2. The first-order valence-electron chi connectivity index (χ1n) is 17.2. The van der Waals surface area contributed by atoms with Crippen LogP contribution in [0.3, 0.4) is 0 Å². The Labute approximate surface area is 278 Å². The first-order valence-corrected chi connectivity index (χ1v) is 20.2. The number of ether oxygens (including phenoxy) is 2. The molecule has 0 radical (unpaired) electrons. The molecular weight excluding hydrogens is 614 g/mol. The van der Waals surface area contributed by atoms with Gasteiger partial charge in [0.25, 0.3) is 5.91 Å². The number of hydrogen-bond donors (Lipinski definition) is 2. The van der Waals surface area contributed by atoms with Crippen LogP contribution in [0.2, 0.25) is 18.6 Å². The van der Waals surface area contributed by atoms with Gasteiger partial charge in [0.1, 0.15) is 5.75 Å². The van der Waals surface area contributed by atoms with Crippen molar-refractivity contribution < 1.29 is 33.8 Å². The second kappa shape index (κ2) is 13.3. The molecule has 0 bridgehead atoms. The number of carbonyl (C=O) groups is 3. The molecule has 3 fully saturated rings. The van der Waals surface area contributed by atoms with E-state index in [1.54, 1.807) is 16.9 Å². The lowest BCUT2D eigenvalue weighted by atomic mass is 9.82. The maximum Gasteiger partial charge on any atom is 0.264 e. The van der Waals surface area contributed by atoms with E-state index in [-0.39, 0.29) is 43.3 Å². The van der Waals surface area contributed by atoms with E-state index in [1.807, 2.05) is 67.4 Å². The molecule has 3 amide bonds. The summed E-state index contributed by atoms with van der Waals surface area (Å²) in [6.07, 6.45) is 5.53. The largest absolute Gasteiger partial charge is 0.497 e. The second-order valence-corrected chi connectivity index (χ2v) is 18.3. The molecule has 0 unspecified atom stereocenters. The summed E-state index contributed by atoms with van der Waals surface area (Å²) in [7, 11) is -1.39. The summed E-state index contributed by atoms with van der Waals surface area (Å²) in [6.45, 7) is 7.10. The van der Waals surface area contributed by atoms with Crippen molar-refractivity contribution >= 4 is 37.4 Å². The van der Waals surface area contributed by atoms with Crippen LogP contribution in [0.4, 0.5) is 11.4 Å². The Hall–Kier alpha value is -3.25. The summed E-state index contributed by atoms with van der Waals surface area (Å²) in [5.74, 6) is -0.0557. The van der Waals surface area contributed by atoms with Crippen LogP contribution >= 0.6 is 0 Å². The highest BCUT2D eigenvalue weighted by molar-refractivity contribution is 6.71. The highest BCUT2D eigenvalue weighted by Crippen LogP contribution is 2.60.